The molecule has 158 valence electrons. The normalized spacial score (nSPS) is 15.2. The molecule has 0 bridgehead atoms. The lowest BCUT2D eigenvalue weighted by molar-refractivity contribution is 0.696. The van der Waals surface area contributed by atoms with Crippen LogP contribution in [-0.4, -0.2) is 15.3 Å². The van der Waals surface area contributed by atoms with Crippen molar-refractivity contribution < 1.29 is 0 Å². The average molecular weight is 422 g/mol. The van der Waals surface area contributed by atoms with E-state index in [-0.39, 0.29) is 11.7 Å². The summed E-state index contributed by atoms with van der Waals surface area (Å²) >= 11 is 0. The Morgan fingerprint density at radius 3 is 2.09 bits per heavy atom. The highest BCUT2D eigenvalue weighted by Crippen LogP contribution is 2.39. The maximum Gasteiger partial charge on any atom is 0.329 e. The van der Waals surface area contributed by atoms with Crippen LogP contribution in [-0.2, 0) is 13.6 Å². The molecule has 6 nitrogen and oxygen atoms in total. The van der Waals surface area contributed by atoms with Crippen molar-refractivity contribution in [3.63, 3.8) is 0 Å². The second-order valence-electron chi connectivity index (χ2n) is 7.78. The first-order valence-electron chi connectivity index (χ1n) is 10.5. The van der Waals surface area contributed by atoms with Crippen LogP contribution in [0.3, 0.4) is 0 Å². The fourth-order valence-electron chi connectivity index (χ4n) is 4.12. The SMILES string of the molecule is Cn1c(=O)[nH]c2c(c1=O)N=C(c1ccccc1)C(c1ccccc1)N2Cc1ccccc1. The van der Waals surface area contributed by atoms with Crippen LogP contribution in [0, 0.1) is 0 Å². The Kier molecular flexibility index (Phi) is 5.03. The number of fused-ring (bicyclic) bond motifs is 1. The van der Waals surface area contributed by atoms with Crippen LogP contribution in [0.2, 0.25) is 0 Å². The van der Waals surface area contributed by atoms with Gasteiger partial charge in [0.25, 0.3) is 5.56 Å². The third kappa shape index (κ3) is 3.46. The highest BCUT2D eigenvalue weighted by Gasteiger charge is 2.35. The van der Waals surface area contributed by atoms with Crippen LogP contribution >= 0.6 is 0 Å². The van der Waals surface area contributed by atoms with E-state index in [0.717, 1.165) is 27.0 Å². The molecular weight excluding hydrogens is 400 g/mol. The Hall–Kier alpha value is -4.19. The molecule has 1 atom stereocenters. The highest BCUT2D eigenvalue weighted by atomic mass is 16.2. The summed E-state index contributed by atoms with van der Waals surface area (Å²) < 4.78 is 1.06. The van der Waals surface area contributed by atoms with E-state index in [9.17, 15) is 9.59 Å². The van der Waals surface area contributed by atoms with Gasteiger partial charge in [0.1, 0.15) is 5.82 Å². The van der Waals surface area contributed by atoms with Gasteiger partial charge in [-0.1, -0.05) is 91.0 Å². The van der Waals surface area contributed by atoms with E-state index in [1.54, 1.807) is 0 Å². The van der Waals surface area contributed by atoms with Crippen LogP contribution in [0.15, 0.2) is 106 Å². The predicted molar refractivity (Wildman–Crippen MR) is 127 cm³/mol. The van der Waals surface area contributed by atoms with Crippen LogP contribution in [0.1, 0.15) is 22.7 Å². The second kappa shape index (κ2) is 8.15. The van der Waals surface area contributed by atoms with Crippen LogP contribution in [0.5, 0.6) is 0 Å². The Labute approximate surface area is 185 Å². The molecule has 1 aromatic heterocycles. The third-order valence-electron chi connectivity index (χ3n) is 5.73. The van der Waals surface area contributed by atoms with Crippen LogP contribution in [0.4, 0.5) is 11.5 Å². The second-order valence-corrected chi connectivity index (χ2v) is 7.78. The molecule has 1 aliphatic heterocycles. The molecule has 32 heavy (non-hydrogen) atoms. The fourth-order valence-corrected chi connectivity index (χ4v) is 4.12. The van der Waals surface area contributed by atoms with Gasteiger partial charge in [-0.2, -0.15) is 0 Å². The van der Waals surface area contributed by atoms with Crippen LogP contribution in [0.25, 0.3) is 0 Å². The zero-order chi connectivity index (χ0) is 22.1. The quantitative estimate of drug-likeness (QED) is 0.541. The average Bonchev–Trinajstić information content (AvgIpc) is 2.84. The molecule has 1 N–H and O–H groups in total. The van der Waals surface area contributed by atoms with Gasteiger partial charge in [0.05, 0.1) is 11.8 Å². The van der Waals surface area contributed by atoms with Gasteiger partial charge in [-0.3, -0.25) is 14.3 Å². The molecule has 0 amide bonds. The van der Waals surface area contributed by atoms with Gasteiger partial charge < -0.3 is 4.90 Å². The Balaban J connectivity index is 1.80. The number of rotatable bonds is 4. The topological polar surface area (TPSA) is 70.5 Å². The minimum atomic E-state index is -0.461. The van der Waals surface area contributed by atoms with Gasteiger partial charge in [-0.05, 0) is 16.7 Å². The van der Waals surface area contributed by atoms with E-state index < -0.39 is 11.2 Å². The number of aliphatic imine (C=N–C) groups is 1. The van der Waals surface area contributed by atoms with Gasteiger partial charge in [0, 0.05) is 13.6 Å². The monoisotopic (exact) mass is 422 g/mol. The van der Waals surface area contributed by atoms with Gasteiger partial charge in [0.15, 0.2) is 5.69 Å². The summed E-state index contributed by atoms with van der Waals surface area (Å²) in [5.41, 5.74) is 3.16. The summed E-state index contributed by atoms with van der Waals surface area (Å²) in [6.07, 6.45) is 0. The number of hydrogen-bond acceptors (Lipinski definition) is 4. The largest absolute Gasteiger partial charge is 0.339 e. The molecule has 0 saturated heterocycles. The fraction of sp³-hybridized carbons (Fsp3) is 0.115. The molecule has 0 aliphatic carbocycles. The molecule has 5 rings (SSSR count). The number of aromatic amines is 1. The van der Waals surface area contributed by atoms with E-state index in [1.807, 2.05) is 91.0 Å². The van der Waals surface area contributed by atoms with Crippen molar-refractivity contribution in [2.45, 2.75) is 12.6 Å². The van der Waals surface area contributed by atoms with Crippen molar-refractivity contribution in [1.82, 2.24) is 9.55 Å². The van der Waals surface area contributed by atoms with Gasteiger partial charge in [-0.25, -0.2) is 9.79 Å². The summed E-state index contributed by atoms with van der Waals surface area (Å²) in [4.78, 5) is 35.4. The van der Waals surface area contributed by atoms with E-state index >= 15 is 0 Å². The number of nitrogens with zero attached hydrogens (tertiary/aromatic N) is 3. The van der Waals surface area contributed by atoms with E-state index in [1.165, 1.54) is 7.05 Å². The Bertz CT molecular complexity index is 1390. The molecule has 4 aromatic rings. The van der Waals surface area contributed by atoms with Crippen molar-refractivity contribution in [2.75, 3.05) is 4.90 Å². The number of hydrogen-bond donors (Lipinski definition) is 1. The van der Waals surface area contributed by atoms with Crippen LogP contribution < -0.4 is 16.1 Å². The molecule has 1 unspecified atom stereocenters. The minimum absolute atomic E-state index is 0.245. The molecule has 0 fully saturated rings. The summed E-state index contributed by atoms with van der Waals surface area (Å²) in [7, 11) is 1.46. The summed E-state index contributed by atoms with van der Waals surface area (Å²) in [5, 5.41) is 0. The lowest BCUT2D eigenvalue weighted by Gasteiger charge is -2.38. The van der Waals surface area contributed by atoms with E-state index in [0.29, 0.717) is 12.4 Å². The molecule has 6 heteroatoms. The van der Waals surface area contributed by atoms with Gasteiger partial charge >= 0.3 is 5.69 Å². The van der Waals surface area contributed by atoms with E-state index in [2.05, 4.69) is 9.88 Å². The van der Waals surface area contributed by atoms with Crippen molar-refractivity contribution in [2.24, 2.45) is 12.0 Å². The molecule has 0 saturated carbocycles. The molecule has 1 aliphatic rings. The zero-order valence-corrected chi connectivity index (χ0v) is 17.6. The first-order chi connectivity index (χ1) is 15.6. The standard InChI is InChI=1S/C26H22N4O2/c1-29-25(31)22-24(28-26(29)32)30(17-18-11-5-2-6-12-18)23(20-15-9-4-10-16-20)21(27-22)19-13-7-3-8-14-19/h2-16,23H,17H2,1H3,(H,28,32). The first kappa shape index (κ1) is 19.8. The van der Waals surface area contributed by atoms with Crippen molar-refractivity contribution >= 4 is 17.2 Å². The molecular formula is C26H22N4O2. The molecule has 0 spiro atoms. The molecule has 2 heterocycles. The highest BCUT2D eigenvalue weighted by molar-refractivity contribution is 6.10. The minimum Gasteiger partial charge on any atom is -0.339 e. The first-order valence-corrected chi connectivity index (χ1v) is 10.5. The lowest BCUT2D eigenvalue weighted by Crippen LogP contribution is -2.42. The smallest absolute Gasteiger partial charge is 0.329 e. The number of H-pyrrole nitrogens is 1. The maximum atomic E-state index is 13.1. The number of anilines is 1. The van der Waals surface area contributed by atoms with Crippen molar-refractivity contribution in [1.29, 1.82) is 0 Å². The number of benzene rings is 3. The Morgan fingerprint density at radius 2 is 1.44 bits per heavy atom. The van der Waals surface area contributed by atoms with Crippen molar-refractivity contribution in [3.8, 4) is 0 Å². The van der Waals surface area contributed by atoms with Crippen molar-refractivity contribution in [3.05, 3.63) is 129 Å². The van der Waals surface area contributed by atoms with Gasteiger partial charge in [0.2, 0.25) is 0 Å². The Morgan fingerprint density at radius 1 is 0.844 bits per heavy atom. The molecule has 3 aromatic carbocycles. The summed E-state index contributed by atoms with van der Waals surface area (Å²) in [6, 6.07) is 29.6. The van der Waals surface area contributed by atoms with E-state index in [4.69, 9.17) is 4.99 Å². The number of aromatic nitrogens is 2. The number of nitrogens with one attached hydrogen (secondary N) is 1. The summed E-state index contributed by atoms with van der Waals surface area (Å²) in [5.74, 6) is 0.440. The maximum absolute atomic E-state index is 13.1. The lowest BCUT2D eigenvalue weighted by atomic mass is 9.93. The predicted octanol–water partition coefficient (Wildman–Crippen LogP) is 3.96. The third-order valence-corrected chi connectivity index (χ3v) is 5.73. The summed E-state index contributed by atoms with van der Waals surface area (Å²) in [6.45, 7) is 0.502. The molecule has 0 radical (unpaired) electrons. The van der Waals surface area contributed by atoms with Gasteiger partial charge in [-0.15, -0.1) is 0 Å². The zero-order valence-electron chi connectivity index (χ0n) is 17.6.